The van der Waals surface area contributed by atoms with E-state index in [1.165, 1.54) is 4.90 Å². The van der Waals surface area contributed by atoms with Crippen molar-refractivity contribution < 1.29 is 17.9 Å². The standard InChI is InChI=1S/C13H25NO4S/c1-10(2)9-19(16,17)11-7-6-8-14(11)12(15)18-13(3,4)5/h10-11H,6-9H2,1-5H3. The summed E-state index contributed by atoms with van der Waals surface area (Å²) in [6, 6.07) is 0. The van der Waals surface area contributed by atoms with Crippen LogP contribution in [0.3, 0.4) is 0 Å². The van der Waals surface area contributed by atoms with Crippen LogP contribution in [0.1, 0.15) is 47.5 Å². The van der Waals surface area contributed by atoms with E-state index in [4.69, 9.17) is 4.74 Å². The van der Waals surface area contributed by atoms with Crippen molar-refractivity contribution in [3.63, 3.8) is 0 Å². The largest absolute Gasteiger partial charge is 0.444 e. The number of rotatable bonds is 3. The lowest BCUT2D eigenvalue weighted by molar-refractivity contribution is 0.0271. The Morgan fingerprint density at radius 3 is 2.42 bits per heavy atom. The summed E-state index contributed by atoms with van der Waals surface area (Å²) in [5.74, 6) is 0.169. The third-order valence-electron chi connectivity index (χ3n) is 2.81. The van der Waals surface area contributed by atoms with Crippen molar-refractivity contribution in [2.24, 2.45) is 5.92 Å². The van der Waals surface area contributed by atoms with Crippen molar-refractivity contribution in [1.29, 1.82) is 0 Å². The molecule has 1 aliphatic rings. The smallest absolute Gasteiger partial charge is 0.411 e. The van der Waals surface area contributed by atoms with Crippen LogP contribution in [-0.2, 0) is 14.6 Å². The van der Waals surface area contributed by atoms with E-state index in [0.29, 0.717) is 19.4 Å². The summed E-state index contributed by atoms with van der Waals surface area (Å²) in [7, 11) is -3.28. The van der Waals surface area contributed by atoms with Gasteiger partial charge in [0.1, 0.15) is 11.0 Å². The number of carbonyl (C=O) groups is 1. The van der Waals surface area contributed by atoms with Crippen LogP contribution in [0.2, 0.25) is 0 Å². The predicted octanol–water partition coefficient (Wildman–Crippen LogP) is 2.41. The minimum Gasteiger partial charge on any atom is -0.444 e. The first-order valence-electron chi connectivity index (χ1n) is 6.74. The molecule has 1 aliphatic heterocycles. The van der Waals surface area contributed by atoms with E-state index in [1.54, 1.807) is 20.8 Å². The normalized spacial score (nSPS) is 20.9. The first-order chi connectivity index (χ1) is 8.53. The first-order valence-corrected chi connectivity index (χ1v) is 8.45. The molecular weight excluding hydrogens is 266 g/mol. The maximum atomic E-state index is 12.3. The molecule has 1 saturated heterocycles. The molecular formula is C13H25NO4S. The Bertz CT molecular complexity index is 422. The molecule has 0 aromatic carbocycles. The van der Waals surface area contributed by atoms with E-state index in [2.05, 4.69) is 0 Å². The minimum absolute atomic E-state index is 0.0612. The van der Waals surface area contributed by atoms with Crippen LogP contribution >= 0.6 is 0 Å². The molecule has 112 valence electrons. The molecule has 6 heteroatoms. The number of amides is 1. The maximum absolute atomic E-state index is 12.3. The van der Waals surface area contributed by atoms with Crippen LogP contribution in [0, 0.1) is 5.92 Å². The molecule has 0 radical (unpaired) electrons. The molecule has 0 saturated carbocycles. The van der Waals surface area contributed by atoms with Crippen LogP contribution in [-0.4, -0.2) is 42.7 Å². The summed E-state index contributed by atoms with van der Waals surface area (Å²) in [6.45, 7) is 9.52. The molecule has 1 unspecified atom stereocenters. The average molecular weight is 291 g/mol. The van der Waals surface area contributed by atoms with E-state index in [9.17, 15) is 13.2 Å². The van der Waals surface area contributed by atoms with Gasteiger partial charge in [-0.3, -0.25) is 4.90 Å². The summed E-state index contributed by atoms with van der Waals surface area (Å²) >= 11 is 0. The van der Waals surface area contributed by atoms with Crippen molar-refractivity contribution in [1.82, 2.24) is 4.90 Å². The summed E-state index contributed by atoms with van der Waals surface area (Å²) in [4.78, 5) is 13.4. The highest BCUT2D eigenvalue weighted by Crippen LogP contribution is 2.26. The van der Waals surface area contributed by atoms with Gasteiger partial charge in [-0.25, -0.2) is 13.2 Å². The molecule has 1 atom stereocenters. The molecule has 1 amide bonds. The second-order valence-corrected chi connectivity index (χ2v) is 8.70. The molecule has 5 nitrogen and oxygen atoms in total. The number of likely N-dealkylation sites (tertiary alicyclic amines) is 1. The number of nitrogens with zero attached hydrogens (tertiary/aromatic N) is 1. The lowest BCUT2D eigenvalue weighted by Gasteiger charge is -2.28. The molecule has 1 fully saturated rings. The number of hydrogen-bond acceptors (Lipinski definition) is 4. The molecule has 0 aliphatic carbocycles. The van der Waals surface area contributed by atoms with Crippen molar-refractivity contribution in [2.75, 3.05) is 12.3 Å². The number of ether oxygens (including phenoxy) is 1. The van der Waals surface area contributed by atoms with Crippen molar-refractivity contribution >= 4 is 15.9 Å². The second kappa shape index (κ2) is 5.69. The lowest BCUT2D eigenvalue weighted by Crippen LogP contribution is -2.44. The Hall–Kier alpha value is -0.780. The van der Waals surface area contributed by atoms with Gasteiger partial charge in [-0.2, -0.15) is 0 Å². The van der Waals surface area contributed by atoms with Crippen LogP contribution in [0.5, 0.6) is 0 Å². The maximum Gasteiger partial charge on any atom is 0.411 e. The second-order valence-electron chi connectivity index (χ2n) is 6.49. The monoisotopic (exact) mass is 291 g/mol. The molecule has 19 heavy (non-hydrogen) atoms. The SMILES string of the molecule is CC(C)CS(=O)(=O)C1CCCN1C(=O)OC(C)(C)C. The van der Waals surface area contributed by atoms with Crippen molar-refractivity contribution in [2.45, 2.75) is 58.4 Å². The molecule has 0 N–H and O–H groups in total. The molecule has 0 bridgehead atoms. The zero-order valence-electron chi connectivity index (χ0n) is 12.5. The van der Waals surface area contributed by atoms with Crippen LogP contribution in [0.25, 0.3) is 0 Å². The van der Waals surface area contributed by atoms with E-state index in [0.717, 1.165) is 0 Å². The average Bonchev–Trinajstić information content (AvgIpc) is 2.60. The van der Waals surface area contributed by atoms with Crippen LogP contribution in [0.4, 0.5) is 4.79 Å². The Kier molecular flexibility index (Phi) is 4.87. The summed E-state index contributed by atoms with van der Waals surface area (Å²) in [6.07, 6.45) is 0.692. The van der Waals surface area contributed by atoms with Gasteiger partial charge < -0.3 is 4.74 Å². The van der Waals surface area contributed by atoms with E-state index >= 15 is 0 Å². The molecule has 0 aromatic heterocycles. The highest BCUT2D eigenvalue weighted by atomic mass is 32.2. The Morgan fingerprint density at radius 2 is 1.95 bits per heavy atom. The van der Waals surface area contributed by atoms with Crippen molar-refractivity contribution in [3.05, 3.63) is 0 Å². The fourth-order valence-electron chi connectivity index (χ4n) is 2.21. The number of hydrogen-bond donors (Lipinski definition) is 0. The van der Waals surface area contributed by atoms with Crippen molar-refractivity contribution in [3.8, 4) is 0 Å². The van der Waals surface area contributed by atoms with Gasteiger partial charge in [0.25, 0.3) is 0 Å². The van der Waals surface area contributed by atoms with Gasteiger partial charge in [-0.15, -0.1) is 0 Å². The van der Waals surface area contributed by atoms with Gasteiger partial charge in [0.05, 0.1) is 5.75 Å². The number of carbonyl (C=O) groups excluding carboxylic acids is 1. The third kappa shape index (κ3) is 4.67. The topological polar surface area (TPSA) is 63.7 Å². The predicted molar refractivity (Wildman–Crippen MR) is 74.6 cm³/mol. The Balaban J connectivity index is 2.82. The van der Waals surface area contributed by atoms with E-state index in [1.807, 2.05) is 13.8 Å². The van der Waals surface area contributed by atoms with Crippen LogP contribution in [0.15, 0.2) is 0 Å². The van der Waals surface area contributed by atoms with Gasteiger partial charge >= 0.3 is 6.09 Å². The van der Waals surface area contributed by atoms with Gasteiger partial charge in [0.2, 0.25) is 0 Å². The van der Waals surface area contributed by atoms with E-state index in [-0.39, 0.29) is 11.7 Å². The van der Waals surface area contributed by atoms with E-state index < -0.39 is 26.9 Å². The van der Waals surface area contributed by atoms with Gasteiger partial charge in [0, 0.05) is 6.54 Å². The summed E-state index contributed by atoms with van der Waals surface area (Å²) in [5, 5.41) is -0.718. The fourth-order valence-corrected chi connectivity index (χ4v) is 4.47. The summed E-state index contributed by atoms with van der Waals surface area (Å²) in [5.41, 5.74) is -0.605. The van der Waals surface area contributed by atoms with Crippen LogP contribution < -0.4 is 0 Å². The lowest BCUT2D eigenvalue weighted by atomic mass is 10.2. The molecule has 0 spiro atoms. The fraction of sp³-hybridized carbons (Fsp3) is 0.923. The Labute approximate surface area is 116 Å². The third-order valence-corrected chi connectivity index (χ3v) is 5.26. The quantitative estimate of drug-likeness (QED) is 0.801. The van der Waals surface area contributed by atoms with Gasteiger partial charge in [0.15, 0.2) is 9.84 Å². The van der Waals surface area contributed by atoms with Gasteiger partial charge in [-0.05, 0) is 39.5 Å². The van der Waals surface area contributed by atoms with Gasteiger partial charge in [-0.1, -0.05) is 13.8 Å². The zero-order valence-corrected chi connectivity index (χ0v) is 13.3. The minimum atomic E-state index is -3.28. The molecule has 1 heterocycles. The molecule has 0 aromatic rings. The molecule has 1 rings (SSSR count). The first kappa shape index (κ1) is 16.3. The summed E-state index contributed by atoms with van der Waals surface area (Å²) < 4.78 is 29.8. The Morgan fingerprint density at radius 1 is 1.37 bits per heavy atom. The number of sulfone groups is 1. The zero-order chi connectivity index (χ0) is 14.8. The highest BCUT2D eigenvalue weighted by Gasteiger charge is 2.40. The highest BCUT2D eigenvalue weighted by molar-refractivity contribution is 7.92.